The fraction of sp³-hybridized carbons (Fsp3) is 0.625. The van der Waals surface area contributed by atoms with Crippen molar-refractivity contribution in [3.8, 4) is 0 Å². The van der Waals surface area contributed by atoms with E-state index >= 15 is 0 Å². The molecule has 3 rings (SSSR count). The Morgan fingerprint density at radius 1 is 1.42 bits per heavy atom. The zero-order valence-electron chi connectivity index (χ0n) is 14.5. The molecule has 8 nitrogen and oxygen atoms in total. The number of ether oxygens (including phenoxy) is 1. The van der Waals surface area contributed by atoms with Gasteiger partial charge in [0.2, 0.25) is 5.89 Å². The topological polar surface area (TPSA) is 86.3 Å². The first-order valence-electron chi connectivity index (χ1n) is 8.16. The van der Waals surface area contributed by atoms with Gasteiger partial charge in [-0.1, -0.05) is 5.16 Å². The number of aryl methyl sites for hydroxylation is 2. The number of hydrogen-bond donors (Lipinski definition) is 0. The van der Waals surface area contributed by atoms with Gasteiger partial charge in [-0.25, -0.2) is 0 Å². The third-order valence-corrected chi connectivity index (χ3v) is 4.60. The van der Waals surface area contributed by atoms with E-state index in [1.165, 1.54) is 0 Å². The molecule has 1 saturated heterocycles. The quantitative estimate of drug-likeness (QED) is 0.822. The lowest BCUT2D eigenvalue weighted by atomic mass is 9.97. The summed E-state index contributed by atoms with van der Waals surface area (Å²) < 4.78 is 12.5. The highest BCUT2D eigenvalue weighted by molar-refractivity contribution is 5.95. The molecular formula is C16H23N5O3. The Balaban J connectivity index is 1.81. The van der Waals surface area contributed by atoms with E-state index in [1.54, 1.807) is 20.2 Å². The number of hydrogen-bond acceptors (Lipinski definition) is 6. The molecular weight excluding hydrogens is 310 g/mol. The third-order valence-electron chi connectivity index (χ3n) is 4.60. The van der Waals surface area contributed by atoms with E-state index < -0.39 is 0 Å². The average Bonchev–Trinajstić information content (AvgIpc) is 3.25. The molecule has 130 valence electrons. The van der Waals surface area contributed by atoms with Gasteiger partial charge in [0.25, 0.3) is 5.91 Å². The minimum atomic E-state index is -0.00737. The lowest BCUT2D eigenvalue weighted by Crippen LogP contribution is -2.29. The summed E-state index contributed by atoms with van der Waals surface area (Å²) in [7, 11) is 1.66. The molecule has 24 heavy (non-hydrogen) atoms. The van der Waals surface area contributed by atoms with Gasteiger partial charge in [0, 0.05) is 38.4 Å². The second-order valence-corrected chi connectivity index (χ2v) is 6.17. The van der Waals surface area contributed by atoms with Gasteiger partial charge in [0.1, 0.15) is 0 Å². The second kappa shape index (κ2) is 6.72. The maximum absolute atomic E-state index is 12.9. The lowest BCUT2D eigenvalue weighted by molar-refractivity contribution is 0.0774. The molecule has 8 heteroatoms. The van der Waals surface area contributed by atoms with E-state index in [-0.39, 0.29) is 17.7 Å². The van der Waals surface area contributed by atoms with Crippen molar-refractivity contribution in [1.29, 1.82) is 0 Å². The Kier molecular flexibility index (Phi) is 4.66. The van der Waals surface area contributed by atoms with E-state index in [1.807, 2.05) is 23.4 Å². The normalized spacial score (nSPS) is 20.8. The molecule has 1 amide bonds. The molecule has 0 bridgehead atoms. The molecule has 1 aliphatic heterocycles. The van der Waals surface area contributed by atoms with Crippen molar-refractivity contribution in [3.05, 3.63) is 29.2 Å². The van der Waals surface area contributed by atoms with Crippen molar-refractivity contribution in [2.24, 2.45) is 5.92 Å². The van der Waals surface area contributed by atoms with E-state index in [0.717, 1.165) is 12.2 Å². The Hall–Kier alpha value is -2.22. The van der Waals surface area contributed by atoms with Crippen LogP contribution < -0.4 is 0 Å². The monoisotopic (exact) mass is 333 g/mol. The zero-order chi connectivity index (χ0) is 17.3. The van der Waals surface area contributed by atoms with Crippen LogP contribution in [0.4, 0.5) is 0 Å². The fourth-order valence-corrected chi connectivity index (χ4v) is 3.31. The van der Waals surface area contributed by atoms with E-state index in [4.69, 9.17) is 9.26 Å². The van der Waals surface area contributed by atoms with Gasteiger partial charge in [-0.2, -0.15) is 10.1 Å². The van der Waals surface area contributed by atoms with Crippen LogP contribution >= 0.6 is 0 Å². The van der Waals surface area contributed by atoms with Gasteiger partial charge in [-0.15, -0.1) is 0 Å². The molecule has 0 radical (unpaired) electrons. The molecule has 0 N–H and O–H groups in total. The van der Waals surface area contributed by atoms with E-state index in [9.17, 15) is 4.79 Å². The summed E-state index contributed by atoms with van der Waals surface area (Å²) in [6, 6.07) is 0. The van der Waals surface area contributed by atoms with Gasteiger partial charge in [0.05, 0.1) is 24.3 Å². The first kappa shape index (κ1) is 16.6. The van der Waals surface area contributed by atoms with Crippen molar-refractivity contribution in [3.63, 3.8) is 0 Å². The summed E-state index contributed by atoms with van der Waals surface area (Å²) in [4.78, 5) is 19.1. The number of likely N-dealkylation sites (tertiary alicyclic amines) is 1. The smallest absolute Gasteiger partial charge is 0.257 e. The minimum absolute atomic E-state index is 0.00312. The number of aromatic nitrogens is 4. The van der Waals surface area contributed by atoms with Gasteiger partial charge in [-0.3, -0.25) is 9.48 Å². The van der Waals surface area contributed by atoms with Crippen LogP contribution in [0.15, 0.2) is 10.7 Å². The first-order valence-corrected chi connectivity index (χ1v) is 8.16. The van der Waals surface area contributed by atoms with Crippen LogP contribution in [0.2, 0.25) is 0 Å². The molecule has 1 fully saturated rings. The summed E-state index contributed by atoms with van der Waals surface area (Å²) in [5.41, 5.74) is 1.54. The first-order chi connectivity index (χ1) is 11.5. The lowest BCUT2D eigenvalue weighted by Gasteiger charge is -2.16. The Morgan fingerprint density at radius 3 is 2.79 bits per heavy atom. The molecule has 0 saturated carbocycles. The summed E-state index contributed by atoms with van der Waals surface area (Å²) in [5, 5.41) is 8.13. The maximum atomic E-state index is 12.9. The maximum Gasteiger partial charge on any atom is 0.257 e. The molecule has 2 atom stereocenters. The molecule has 0 spiro atoms. The second-order valence-electron chi connectivity index (χ2n) is 6.17. The van der Waals surface area contributed by atoms with E-state index in [0.29, 0.717) is 37.0 Å². The van der Waals surface area contributed by atoms with E-state index in [2.05, 4.69) is 15.2 Å². The summed E-state index contributed by atoms with van der Waals surface area (Å²) in [5.74, 6) is 1.31. The number of carbonyl (C=O) groups excluding carboxylic acids is 1. The van der Waals surface area contributed by atoms with Crippen molar-refractivity contribution in [2.45, 2.75) is 33.2 Å². The van der Waals surface area contributed by atoms with Crippen LogP contribution in [0.5, 0.6) is 0 Å². The molecule has 0 unspecified atom stereocenters. The molecule has 0 aliphatic carbocycles. The zero-order valence-corrected chi connectivity index (χ0v) is 14.5. The standard InChI is InChI=1S/C16H23N5O3/c1-5-21-10(2)13(6-17-21)16(22)20-7-12(9-23-4)14(8-20)15-18-11(3)19-24-15/h6,12,14H,5,7-9H2,1-4H3/t12-,14+/m0/s1. The highest BCUT2D eigenvalue weighted by Gasteiger charge is 2.40. The van der Waals surface area contributed by atoms with Crippen LogP contribution in [0.1, 0.15) is 40.6 Å². The SMILES string of the molecule is CCn1ncc(C(=O)N2C[C@@H](COC)[C@H](c3nc(C)no3)C2)c1C. The number of carbonyl (C=O) groups is 1. The van der Waals surface area contributed by atoms with Crippen molar-refractivity contribution in [2.75, 3.05) is 26.8 Å². The minimum Gasteiger partial charge on any atom is -0.384 e. The number of rotatable bonds is 5. The Morgan fingerprint density at radius 2 is 2.21 bits per heavy atom. The predicted molar refractivity (Wildman–Crippen MR) is 85.7 cm³/mol. The largest absolute Gasteiger partial charge is 0.384 e. The van der Waals surface area contributed by atoms with Gasteiger partial charge < -0.3 is 14.2 Å². The molecule has 2 aromatic rings. The molecule has 2 aromatic heterocycles. The highest BCUT2D eigenvalue weighted by Crippen LogP contribution is 2.33. The molecule has 0 aromatic carbocycles. The van der Waals surface area contributed by atoms with Crippen molar-refractivity contribution < 1.29 is 14.1 Å². The Bertz CT molecular complexity index is 723. The van der Waals surface area contributed by atoms with Crippen LogP contribution in [-0.4, -0.2) is 57.5 Å². The summed E-state index contributed by atoms with van der Waals surface area (Å²) in [6.07, 6.45) is 1.65. The van der Waals surface area contributed by atoms with Crippen molar-refractivity contribution in [1.82, 2.24) is 24.8 Å². The van der Waals surface area contributed by atoms with Crippen LogP contribution in [0, 0.1) is 19.8 Å². The van der Waals surface area contributed by atoms with Crippen LogP contribution in [0.25, 0.3) is 0 Å². The predicted octanol–water partition coefficient (Wildman–Crippen LogP) is 1.41. The summed E-state index contributed by atoms with van der Waals surface area (Å²) >= 11 is 0. The van der Waals surface area contributed by atoms with Gasteiger partial charge >= 0.3 is 0 Å². The van der Waals surface area contributed by atoms with Crippen LogP contribution in [-0.2, 0) is 11.3 Å². The average molecular weight is 333 g/mol. The van der Waals surface area contributed by atoms with Gasteiger partial charge in [-0.05, 0) is 20.8 Å². The molecule has 1 aliphatic rings. The highest BCUT2D eigenvalue weighted by atomic mass is 16.5. The third kappa shape index (κ3) is 2.93. The number of methoxy groups -OCH3 is 1. The number of nitrogens with zero attached hydrogens (tertiary/aromatic N) is 5. The van der Waals surface area contributed by atoms with Crippen molar-refractivity contribution >= 4 is 5.91 Å². The Labute approximate surface area is 140 Å². The molecule has 3 heterocycles. The van der Waals surface area contributed by atoms with Crippen LogP contribution in [0.3, 0.4) is 0 Å². The fourth-order valence-electron chi connectivity index (χ4n) is 3.31. The van der Waals surface area contributed by atoms with Gasteiger partial charge in [0.15, 0.2) is 5.82 Å². The number of amides is 1. The summed E-state index contributed by atoms with van der Waals surface area (Å²) in [6.45, 7) is 8.16.